The molecular formula is C14H20F2N2. The number of hydrogen-bond acceptors (Lipinski definition) is 2. The fourth-order valence-electron chi connectivity index (χ4n) is 2.54. The Morgan fingerprint density at radius 1 is 1.56 bits per heavy atom. The molecule has 0 bridgehead atoms. The Bertz CT molecular complexity index is 367. The van der Waals surface area contributed by atoms with Crippen LogP contribution in [0.5, 0.6) is 0 Å². The molecule has 1 unspecified atom stereocenters. The van der Waals surface area contributed by atoms with Gasteiger partial charge in [0.25, 0.3) is 0 Å². The lowest BCUT2D eigenvalue weighted by atomic mass is 9.86. The summed E-state index contributed by atoms with van der Waals surface area (Å²) in [6.07, 6.45) is 5.18. The second-order valence-corrected chi connectivity index (χ2v) is 5.23. The maximum atomic E-state index is 13.3. The second-order valence-electron chi connectivity index (χ2n) is 5.23. The minimum absolute atomic E-state index is 0.0275. The van der Waals surface area contributed by atoms with E-state index in [9.17, 15) is 8.78 Å². The molecule has 100 valence electrons. The highest BCUT2D eigenvalue weighted by Gasteiger charge is 2.35. The number of rotatable bonds is 4. The average Bonchev–Trinajstić information content (AvgIpc) is 2.36. The second kappa shape index (κ2) is 5.74. The average molecular weight is 254 g/mol. The molecule has 0 aromatic carbocycles. The molecule has 1 aliphatic carbocycles. The lowest BCUT2D eigenvalue weighted by Crippen LogP contribution is -2.33. The number of nitrogens with one attached hydrogen (secondary N) is 1. The number of nitrogens with zero attached hydrogens (tertiary/aromatic N) is 1. The predicted molar refractivity (Wildman–Crippen MR) is 67.6 cm³/mol. The maximum Gasteiger partial charge on any atom is 0.248 e. The van der Waals surface area contributed by atoms with Gasteiger partial charge >= 0.3 is 0 Å². The van der Waals surface area contributed by atoms with Gasteiger partial charge in [-0.15, -0.1) is 0 Å². The highest BCUT2D eigenvalue weighted by molar-refractivity contribution is 5.12. The molecule has 2 atom stereocenters. The third kappa shape index (κ3) is 3.73. The van der Waals surface area contributed by atoms with Crippen molar-refractivity contribution >= 4 is 0 Å². The van der Waals surface area contributed by atoms with Crippen molar-refractivity contribution in [2.75, 3.05) is 6.54 Å². The third-order valence-corrected chi connectivity index (χ3v) is 3.64. The molecule has 0 amide bonds. The van der Waals surface area contributed by atoms with Crippen molar-refractivity contribution in [3.63, 3.8) is 0 Å². The number of aromatic nitrogens is 1. The molecule has 2 rings (SSSR count). The molecule has 0 aliphatic heterocycles. The number of pyridine rings is 1. The predicted octanol–water partition coefficient (Wildman–Crippen LogP) is 3.56. The first-order valence-corrected chi connectivity index (χ1v) is 6.58. The largest absolute Gasteiger partial charge is 0.310 e. The normalized spacial score (nSPS) is 24.7. The molecule has 1 saturated carbocycles. The minimum atomic E-state index is -2.46. The first kappa shape index (κ1) is 13.4. The summed E-state index contributed by atoms with van der Waals surface area (Å²) in [5.41, 5.74) is 1.10. The molecule has 1 heterocycles. The summed E-state index contributed by atoms with van der Waals surface area (Å²) in [4.78, 5) is 4.06. The third-order valence-electron chi connectivity index (χ3n) is 3.64. The molecular weight excluding hydrogens is 234 g/mol. The van der Waals surface area contributed by atoms with Crippen molar-refractivity contribution in [1.82, 2.24) is 10.3 Å². The van der Waals surface area contributed by atoms with Crippen LogP contribution in [0.2, 0.25) is 0 Å². The van der Waals surface area contributed by atoms with Crippen LogP contribution < -0.4 is 5.32 Å². The summed E-state index contributed by atoms with van der Waals surface area (Å²) in [7, 11) is 0. The van der Waals surface area contributed by atoms with E-state index >= 15 is 0 Å². The molecule has 1 aromatic rings. The van der Waals surface area contributed by atoms with Crippen LogP contribution in [0.25, 0.3) is 0 Å². The zero-order chi connectivity index (χ0) is 13.0. The van der Waals surface area contributed by atoms with E-state index in [1.54, 1.807) is 6.20 Å². The van der Waals surface area contributed by atoms with Gasteiger partial charge in [0.05, 0.1) is 0 Å². The summed E-state index contributed by atoms with van der Waals surface area (Å²) >= 11 is 0. The van der Waals surface area contributed by atoms with Gasteiger partial charge in [0.2, 0.25) is 5.92 Å². The highest BCUT2D eigenvalue weighted by Crippen LogP contribution is 2.36. The van der Waals surface area contributed by atoms with Gasteiger partial charge in [-0.2, -0.15) is 0 Å². The van der Waals surface area contributed by atoms with E-state index in [1.807, 2.05) is 25.3 Å². The molecule has 0 spiro atoms. The van der Waals surface area contributed by atoms with E-state index < -0.39 is 5.92 Å². The van der Waals surface area contributed by atoms with E-state index in [0.29, 0.717) is 13.0 Å². The standard InChI is InChI=1S/C14H20F2N2/c1-11(13-5-3-7-17-10-13)18-9-12-4-2-6-14(15,16)8-12/h3,5,7,10-12,18H,2,4,6,8-9H2,1H3/t11-,12?/m1/s1. The molecule has 1 fully saturated rings. The molecule has 0 saturated heterocycles. The Kier molecular flexibility index (Phi) is 4.27. The van der Waals surface area contributed by atoms with Crippen LogP contribution in [0.3, 0.4) is 0 Å². The Balaban J connectivity index is 1.81. The van der Waals surface area contributed by atoms with Crippen LogP contribution >= 0.6 is 0 Å². The van der Waals surface area contributed by atoms with Crippen LogP contribution in [-0.4, -0.2) is 17.5 Å². The summed E-state index contributed by atoms with van der Waals surface area (Å²) in [5, 5.41) is 3.33. The van der Waals surface area contributed by atoms with Crippen molar-refractivity contribution < 1.29 is 8.78 Å². The Morgan fingerprint density at radius 2 is 2.39 bits per heavy atom. The molecule has 1 aliphatic rings. The SMILES string of the molecule is C[C@@H](NCC1CCCC(F)(F)C1)c1cccnc1. The van der Waals surface area contributed by atoms with Gasteiger partial charge in [0, 0.05) is 31.3 Å². The number of halogens is 2. The van der Waals surface area contributed by atoms with Crippen LogP contribution in [0.15, 0.2) is 24.5 Å². The van der Waals surface area contributed by atoms with Crippen molar-refractivity contribution in [3.05, 3.63) is 30.1 Å². The zero-order valence-corrected chi connectivity index (χ0v) is 10.7. The molecule has 1 N–H and O–H groups in total. The summed E-state index contributed by atoms with van der Waals surface area (Å²) in [5.74, 6) is -2.37. The first-order chi connectivity index (χ1) is 8.57. The Labute approximate surface area is 107 Å². The van der Waals surface area contributed by atoms with Gasteiger partial charge in [-0.3, -0.25) is 4.98 Å². The van der Waals surface area contributed by atoms with Gasteiger partial charge < -0.3 is 5.32 Å². The smallest absolute Gasteiger partial charge is 0.248 e. The van der Waals surface area contributed by atoms with Crippen molar-refractivity contribution in [2.24, 2.45) is 5.92 Å². The Morgan fingerprint density at radius 3 is 3.06 bits per heavy atom. The molecule has 4 heteroatoms. The van der Waals surface area contributed by atoms with Gasteiger partial charge in [-0.05, 0) is 43.9 Å². The molecule has 18 heavy (non-hydrogen) atoms. The van der Waals surface area contributed by atoms with Gasteiger partial charge in [-0.1, -0.05) is 6.07 Å². The quantitative estimate of drug-likeness (QED) is 0.888. The molecule has 2 nitrogen and oxygen atoms in total. The highest BCUT2D eigenvalue weighted by atomic mass is 19.3. The topological polar surface area (TPSA) is 24.9 Å². The van der Waals surface area contributed by atoms with E-state index in [-0.39, 0.29) is 24.8 Å². The van der Waals surface area contributed by atoms with E-state index in [2.05, 4.69) is 10.3 Å². The number of hydrogen-bond donors (Lipinski definition) is 1. The maximum absolute atomic E-state index is 13.3. The minimum Gasteiger partial charge on any atom is -0.310 e. The van der Waals surface area contributed by atoms with Crippen LogP contribution in [0, 0.1) is 5.92 Å². The zero-order valence-electron chi connectivity index (χ0n) is 10.7. The van der Waals surface area contributed by atoms with Crippen LogP contribution in [-0.2, 0) is 0 Å². The molecule has 1 aromatic heterocycles. The summed E-state index contributed by atoms with van der Waals surface area (Å²) < 4.78 is 26.5. The summed E-state index contributed by atoms with van der Waals surface area (Å²) in [6, 6.07) is 4.05. The van der Waals surface area contributed by atoms with Gasteiger partial charge in [-0.25, -0.2) is 8.78 Å². The summed E-state index contributed by atoms with van der Waals surface area (Å²) in [6.45, 7) is 2.70. The Hall–Kier alpha value is -1.03. The number of alkyl halides is 2. The van der Waals surface area contributed by atoms with Gasteiger partial charge in [0.1, 0.15) is 0 Å². The van der Waals surface area contributed by atoms with Crippen molar-refractivity contribution in [2.45, 2.75) is 44.6 Å². The van der Waals surface area contributed by atoms with Crippen molar-refractivity contribution in [3.8, 4) is 0 Å². The van der Waals surface area contributed by atoms with Crippen LogP contribution in [0.1, 0.15) is 44.2 Å². The van der Waals surface area contributed by atoms with Gasteiger partial charge in [0.15, 0.2) is 0 Å². The van der Waals surface area contributed by atoms with E-state index in [0.717, 1.165) is 12.0 Å². The molecule has 0 radical (unpaired) electrons. The first-order valence-electron chi connectivity index (χ1n) is 6.58. The van der Waals surface area contributed by atoms with E-state index in [1.165, 1.54) is 0 Å². The fraction of sp³-hybridized carbons (Fsp3) is 0.643. The van der Waals surface area contributed by atoms with E-state index in [4.69, 9.17) is 0 Å². The lowest BCUT2D eigenvalue weighted by Gasteiger charge is -2.30. The fourth-order valence-corrected chi connectivity index (χ4v) is 2.54. The van der Waals surface area contributed by atoms with Crippen molar-refractivity contribution in [1.29, 1.82) is 0 Å². The monoisotopic (exact) mass is 254 g/mol. The van der Waals surface area contributed by atoms with Crippen LogP contribution in [0.4, 0.5) is 8.78 Å². The lowest BCUT2D eigenvalue weighted by molar-refractivity contribution is -0.0522.